The highest BCUT2D eigenvalue weighted by Gasteiger charge is 2.22. The Morgan fingerprint density at radius 2 is 1.62 bits per heavy atom. The second-order valence-corrected chi connectivity index (χ2v) is 8.15. The number of furan rings is 1. The summed E-state index contributed by atoms with van der Waals surface area (Å²) >= 11 is 0. The van der Waals surface area contributed by atoms with Crippen molar-refractivity contribution in [3.05, 3.63) is 83.7 Å². The number of fused-ring (bicyclic) bond motifs is 1. The molecular formula is C28H27FN2O3. The molecule has 0 aliphatic carbocycles. The van der Waals surface area contributed by atoms with Crippen LogP contribution in [-0.4, -0.2) is 25.4 Å². The summed E-state index contributed by atoms with van der Waals surface area (Å²) in [4.78, 5) is 25.4. The van der Waals surface area contributed by atoms with Gasteiger partial charge in [0.15, 0.2) is 0 Å². The summed E-state index contributed by atoms with van der Waals surface area (Å²) in [6.07, 6.45) is 3.14. The highest BCUT2D eigenvalue weighted by molar-refractivity contribution is 6.11. The lowest BCUT2D eigenvalue weighted by atomic mass is 9.99. The van der Waals surface area contributed by atoms with E-state index in [2.05, 4.69) is 17.6 Å². The highest BCUT2D eigenvalue weighted by Crippen LogP contribution is 2.36. The van der Waals surface area contributed by atoms with E-state index in [1.54, 1.807) is 25.2 Å². The fraction of sp³-hybridized carbons (Fsp3) is 0.214. The molecule has 0 radical (unpaired) electrons. The van der Waals surface area contributed by atoms with Crippen LogP contribution < -0.4 is 10.6 Å². The lowest BCUT2D eigenvalue weighted by molar-refractivity contribution is 0.0948. The second kappa shape index (κ2) is 10.3. The largest absolute Gasteiger partial charge is 0.455 e. The predicted molar refractivity (Wildman–Crippen MR) is 132 cm³/mol. The van der Waals surface area contributed by atoms with Gasteiger partial charge in [0.2, 0.25) is 0 Å². The van der Waals surface area contributed by atoms with Gasteiger partial charge in [-0.2, -0.15) is 0 Å². The molecule has 0 aliphatic heterocycles. The Morgan fingerprint density at radius 3 is 2.35 bits per heavy atom. The number of benzene rings is 3. The van der Waals surface area contributed by atoms with Crippen molar-refractivity contribution in [3.8, 4) is 22.5 Å². The van der Waals surface area contributed by atoms with Crippen molar-refractivity contribution >= 4 is 22.8 Å². The maximum absolute atomic E-state index is 13.4. The van der Waals surface area contributed by atoms with E-state index in [-0.39, 0.29) is 17.6 Å². The third-order valence-electron chi connectivity index (χ3n) is 5.77. The molecule has 0 fully saturated rings. The first-order valence-electron chi connectivity index (χ1n) is 11.4. The zero-order valence-corrected chi connectivity index (χ0v) is 19.3. The third-order valence-corrected chi connectivity index (χ3v) is 5.77. The monoisotopic (exact) mass is 458 g/mol. The molecule has 1 heterocycles. The van der Waals surface area contributed by atoms with Gasteiger partial charge in [-0.3, -0.25) is 9.59 Å². The Morgan fingerprint density at radius 1 is 0.882 bits per heavy atom. The molecule has 3 aromatic carbocycles. The number of halogens is 1. The summed E-state index contributed by atoms with van der Waals surface area (Å²) in [5.74, 6) is -0.382. The van der Waals surface area contributed by atoms with Gasteiger partial charge in [0.05, 0.1) is 5.56 Å². The van der Waals surface area contributed by atoms with E-state index in [0.29, 0.717) is 40.0 Å². The molecule has 5 nitrogen and oxygen atoms in total. The van der Waals surface area contributed by atoms with Crippen LogP contribution in [0.15, 0.2) is 71.1 Å². The van der Waals surface area contributed by atoms with Gasteiger partial charge in [-0.05, 0) is 66.1 Å². The fourth-order valence-electron chi connectivity index (χ4n) is 3.95. The zero-order valence-electron chi connectivity index (χ0n) is 19.3. The average Bonchev–Trinajstić information content (AvgIpc) is 3.25. The van der Waals surface area contributed by atoms with E-state index in [4.69, 9.17) is 4.42 Å². The van der Waals surface area contributed by atoms with E-state index in [0.717, 1.165) is 30.4 Å². The van der Waals surface area contributed by atoms with Crippen molar-refractivity contribution in [1.82, 2.24) is 10.6 Å². The minimum atomic E-state index is -0.363. The van der Waals surface area contributed by atoms with Gasteiger partial charge >= 0.3 is 0 Å². The average molecular weight is 459 g/mol. The molecule has 0 saturated heterocycles. The van der Waals surface area contributed by atoms with Gasteiger partial charge in [0.1, 0.15) is 17.2 Å². The van der Waals surface area contributed by atoms with Crippen molar-refractivity contribution in [3.63, 3.8) is 0 Å². The highest BCUT2D eigenvalue weighted by atomic mass is 19.1. The van der Waals surface area contributed by atoms with Crippen molar-refractivity contribution in [1.29, 1.82) is 0 Å². The number of hydrogen-bond donors (Lipinski definition) is 2. The molecule has 174 valence electrons. The maximum atomic E-state index is 13.4. The number of carbonyl (C=O) groups is 2. The van der Waals surface area contributed by atoms with Crippen LogP contribution in [0, 0.1) is 5.82 Å². The van der Waals surface area contributed by atoms with E-state index in [1.807, 2.05) is 36.4 Å². The van der Waals surface area contributed by atoms with Gasteiger partial charge in [0, 0.05) is 30.1 Å². The zero-order chi connectivity index (χ0) is 24.1. The number of hydrogen-bond acceptors (Lipinski definition) is 3. The van der Waals surface area contributed by atoms with Crippen LogP contribution in [0.1, 0.15) is 46.9 Å². The molecule has 4 aromatic rings. The van der Waals surface area contributed by atoms with Crippen LogP contribution in [0.4, 0.5) is 4.39 Å². The first-order chi connectivity index (χ1) is 16.5. The molecule has 4 rings (SSSR count). The van der Waals surface area contributed by atoms with Crippen molar-refractivity contribution in [2.24, 2.45) is 0 Å². The Labute approximate surface area is 198 Å². The third kappa shape index (κ3) is 4.86. The SMILES string of the molecule is CCCCCNC(=O)c1cccc(-c2ccc3oc(-c4ccc(F)cc4)c(C(=O)NC)c3c2)c1. The van der Waals surface area contributed by atoms with Crippen molar-refractivity contribution in [2.75, 3.05) is 13.6 Å². The summed E-state index contributed by atoms with van der Waals surface area (Å²) in [6.45, 7) is 2.78. The van der Waals surface area contributed by atoms with Crippen LogP contribution in [0.25, 0.3) is 33.4 Å². The van der Waals surface area contributed by atoms with Crippen LogP contribution in [-0.2, 0) is 0 Å². The summed E-state index contributed by atoms with van der Waals surface area (Å²) < 4.78 is 19.4. The molecule has 0 atom stereocenters. The minimum absolute atomic E-state index is 0.105. The standard InChI is InChI=1S/C28H27FN2O3/c1-3-4-5-15-31-27(32)21-8-6-7-19(16-21)20-11-14-24-23(17-20)25(28(33)30-2)26(34-24)18-9-12-22(29)13-10-18/h6-14,16-17H,3-5,15H2,1-2H3,(H,30,33)(H,31,32). The molecule has 2 N–H and O–H groups in total. The normalized spacial score (nSPS) is 10.9. The van der Waals surface area contributed by atoms with Crippen LogP contribution in [0.3, 0.4) is 0 Å². The first-order valence-corrected chi connectivity index (χ1v) is 11.4. The Bertz CT molecular complexity index is 1330. The van der Waals surface area contributed by atoms with E-state index >= 15 is 0 Å². The number of carbonyl (C=O) groups excluding carboxylic acids is 2. The van der Waals surface area contributed by atoms with E-state index in [1.165, 1.54) is 12.1 Å². The second-order valence-electron chi connectivity index (χ2n) is 8.15. The summed E-state index contributed by atoms with van der Waals surface area (Å²) in [5, 5.41) is 6.28. The van der Waals surface area contributed by atoms with Gasteiger partial charge in [0.25, 0.3) is 11.8 Å². The number of unbranched alkanes of at least 4 members (excludes halogenated alkanes) is 2. The molecular weight excluding hydrogens is 431 g/mol. The summed E-state index contributed by atoms with van der Waals surface area (Å²) in [7, 11) is 1.56. The van der Waals surface area contributed by atoms with Crippen LogP contribution in [0.5, 0.6) is 0 Å². The topological polar surface area (TPSA) is 71.3 Å². The molecule has 0 saturated carbocycles. The molecule has 34 heavy (non-hydrogen) atoms. The van der Waals surface area contributed by atoms with Crippen LogP contribution >= 0.6 is 0 Å². The van der Waals surface area contributed by atoms with E-state index < -0.39 is 0 Å². The molecule has 2 amide bonds. The van der Waals surface area contributed by atoms with Gasteiger partial charge in [-0.25, -0.2) is 4.39 Å². The minimum Gasteiger partial charge on any atom is -0.455 e. The Hall–Kier alpha value is -3.93. The number of nitrogens with one attached hydrogen (secondary N) is 2. The molecule has 0 bridgehead atoms. The molecule has 0 aliphatic rings. The van der Waals surface area contributed by atoms with Gasteiger partial charge in [-0.15, -0.1) is 0 Å². The molecule has 0 spiro atoms. The lowest BCUT2D eigenvalue weighted by Gasteiger charge is -2.08. The maximum Gasteiger partial charge on any atom is 0.255 e. The van der Waals surface area contributed by atoms with Gasteiger partial charge < -0.3 is 15.1 Å². The van der Waals surface area contributed by atoms with E-state index in [9.17, 15) is 14.0 Å². The first kappa shape index (κ1) is 23.2. The molecule has 6 heteroatoms. The van der Waals surface area contributed by atoms with Crippen molar-refractivity contribution in [2.45, 2.75) is 26.2 Å². The summed E-state index contributed by atoms with van der Waals surface area (Å²) in [6, 6.07) is 18.8. The van der Waals surface area contributed by atoms with Crippen molar-refractivity contribution < 1.29 is 18.4 Å². The predicted octanol–water partition coefficient (Wildman–Crippen LogP) is 6.19. The quantitative estimate of drug-likeness (QED) is 0.310. The molecule has 0 unspecified atom stereocenters. The molecule has 1 aromatic heterocycles. The van der Waals surface area contributed by atoms with Crippen LogP contribution in [0.2, 0.25) is 0 Å². The Balaban J connectivity index is 1.72. The van der Waals surface area contributed by atoms with Gasteiger partial charge in [-0.1, -0.05) is 38.0 Å². The number of rotatable bonds is 8. The Kier molecular flexibility index (Phi) is 7.07. The number of amides is 2. The fourth-order valence-corrected chi connectivity index (χ4v) is 3.95. The smallest absolute Gasteiger partial charge is 0.255 e. The lowest BCUT2D eigenvalue weighted by Crippen LogP contribution is -2.24. The summed E-state index contributed by atoms with van der Waals surface area (Å²) in [5.41, 5.74) is 3.84.